The van der Waals surface area contributed by atoms with Crippen molar-refractivity contribution in [1.29, 1.82) is 0 Å². The molecule has 332 valence electrons. The van der Waals surface area contributed by atoms with Crippen molar-refractivity contribution in [1.82, 2.24) is 0 Å². The van der Waals surface area contributed by atoms with E-state index in [0.29, 0.717) is 25.7 Å². The molecule has 0 amide bonds. The molecule has 6 nitrogen and oxygen atoms in total. The van der Waals surface area contributed by atoms with E-state index in [1.807, 2.05) is 0 Å². The number of rotatable bonds is 44. The Balaban J connectivity index is 4.40. The molecule has 0 aliphatic rings. The number of ether oxygens (including phenoxy) is 3. The Morgan fingerprint density at radius 3 is 1.05 bits per heavy atom. The van der Waals surface area contributed by atoms with Crippen molar-refractivity contribution in [2.75, 3.05) is 13.2 Å². The first-order chi connectivity index (χ1) is 28.0. The normalized spacial score (nSPS) is 12.3. The van der Waals surface area contributed by atoms with Gasteiger partial charge in [0.05, 0.1) is 0 Å². The number of unbranched alkanes of at least 4 members (excludes halogenated alkanes) is 27. The first-order valence-electron chi connectivity index (χ1n) is 24.5. The van der Waals surface area contributed by atoms with Crippen molar-refractivity contribution in [3.63, 3.8) is 0 Å². The van der Waals surface area contributed by atoms with Gasteiger partial charge in [-0.05, 0) is 51.4 Å². The van der Waals surface area contributed by atoms with Gasteiger partial charge in [-0.1, -0.05) is 218 Å². The van der Waals surface area contributed by atoms with Crippen LogP contribution >= 0.6 is 0 Å². The van der Waals surface area contributed by atoms with E-state index in [0.717, 1.165) is 57.8 Å². The lowest BCUT2D eigenvalue weighted by Gasteiger charge is -2.18. The second kappa shape index (κ2) is 46.3. The lowest BCUT2D eigenvalue weighted by atomic mass is 10.1. The van der Waals surface area contributed by atoms with Crippen LogP contribution in [0.25, 0.3) is 0 Å². The summed E-state index contributed by atoms with van der Waals surface area (Å²) in [4.78, 5) is 37.8. The van der Waals surface area contributed by atoms with Crippen LogP contribution in [0.3, 0.4) is 0 Å². The number of hydrogen-bond acceptors (Lipinski definition) is 6. The average molecular weight is 801 g/mol. The maximum absolute atomic E-state index is 12.7. The van der Waals surface area contributed by atoms with Crippen LogP contribution in [0, 0.1) is 0 Å². The van der Waals surface area contributed by atoms with E-state index in [-0.39, 0.29) is 31.1 Å². The molecule has 0 unspecified atom stereocenters. The molecule has 1 atom stereocenters. The molecule has 0 radical (unpaired) electrons. The van der Waals surface area contributed by atoms with E-state index in [9.17, 15) is 14.4 Å². The Morgan fingerprint density at radius 2 is 0.649 bits per heavy atom. The Morgan fingerprint density at radius 1 is 0.351 bits per heavy atom. The minimum atomic E-state index is -0.785. The molecule has 0 heterocycles. The van der Waals surface area contributed by atoms with Gasteiger partial charge in [-0.25, -0.2) is 0 Å². The summed E-state index contributed by atoms with van der Waals surface area (Å²) in [6.45, 7) is 6.58. The summed E-state index contributed by atoms with van der Waals surface area (Å²) in [7, 11) is 0. The SMILES string of the molecule is CCCCCCCC/C=C\C/C=C\C/C=C\CCCC(=O)OC[C@H](COC(=O)CCCCCCCCCCCCC)OC(=O)CCCCCCCCCCCCC. The minimum Gasteiger partial charge on any atom is -0.462 e. The molecule has 0 fully saturated rings. The Hall–Kier alpha value is -2.37. The van der Waals surface area contributed by atoms with Crippen LogP contribution in [0.5, 0.6) is 0 Å². The number of esters is 3. The maximum Gasteiger partial charge on any atom is 0.306 e. The van der Waals surface area contributed by atoms with Gasteiger partial charge in [-0.2, -0.15) is 0 Å². The summed E-state index contributed by atoms with van der Waals surface area (Å²) in [6.07, 6.45) is 52.7. The highest BCUT2D eigenvalue weighted by Crippen LogP contribution is 2.15. The van der Waals surface area contributed by atoms with Gasteiger partial charge in [0.2, 0.25) is 0 Å². The van der Waals surface area contributed by atoms with Crippen molar-refractivity contribution >= 4 is 17.9 Å². The molecule has 0 bridgehead atoms. The highest BCUT2D eigenvalue weighted by Gasteiger charge is 2.19. The highest BCUT2D eigenvalue weighted by atomic mass is 16.6. The lowest BCUT2D eigenvalue weighted by molar-refractivity contribution is -0.167. The van der Waals surface area contributed by atoms with Gasteiger partial charge in [0, 0.05) is 19.3 Å². The average Bonchev–Trinajstić information content (AvgIpc) is 3.21. The van der Waals surface area contributed by atoms with E-state index >= 15 is 0 Å². The predicted octanol–water partition coefficient (Wildman–Crippen LogP) is 15.8. The quantitative estimate of drug-likeness (QED) is 0.0264. The molecular formula is C51H92O6. The molecule has 0 aromatic rings. The fourth-order valence-electron chi connectivity index (χ4n) is 6.93. The van der Waals surface area contributed by atoms with Crippen LogP contribution in [-0.4, -0.2) is 37.2 Å². The van der Waals surface area contributed by atoms with Crippen LogP contribution in [0.2, 0.25) is 0 Å². The smallest absolute Gasteiger partial charge is 0.306 e. The summed E-state index contributed by atoms with van der Waals surface area (Å²) in [5, 5.41) is 0. The number of carbonyl (C=O) groups excluding carboxylic acids is 3. The van der Waals surface area contributed by atoms with E-state index in [1.54, 1.807) is 0 Å². The second-order valence-electron chi connectivity index (χ2n) is 16.4. The van der Waals surface area contributed by atoms with Gasteiger partial charge in [-0.3, -0.25) is 14.4 Å². The van der Waals surface area contributed by atoms with Crippen molar-refractivity contribution < 1.29 is 28.6 Å². The van der Waals surface area contributed by atoms with Crippen LogP contribution in [-0.2, 0) is 28.6 Å². The van der Waals surface area contributed by atoms with E-state index in [4.69, 9.17) is 14.2 Å². The molecular weight excluding hydrogens is 709 g/mol. The van der Waals surface area contributed by atoms with Crippen LogP contribution in [0.4, 0.5) is 0 Å². The molecule has 0 saturated heterocycles. The standard InChI is InChI=1S/C51H92O6/c1-4-7-10-13-16-19-22-23-24-25-26-27-30-32-35-38-41-44-50(53)56-47-48(57-51(54)45-42-39-36-33-29-21-18-15-12-9-6-3)46-55-49(52)43-40-37-34-31-28-20-17-14-11-8-5-2/h23-24,26-27,32,35,48H,4-22,25,28-31,33-34,36-47H2,1-3H3/b24-23-,27-26-,35-32-/t48-/m0/s1. The van der Waals surface area contributed by atoms with Gasteiger partial charge in [0.1, 0.15) is 13.2 Å². The van der Waals surface area contributed by atoms with Crippen molar-refractivity contribution in [2.24, 2.45) is 0 Å². The van der Waals surface area contributed by atoms with Gasteiger partial charge < -0.3 is 14.2 Å². The van der Waals surface area contributed by atoms with E-state index in [2.05, 4.69) is 57.2 Å². The van der Waals surface area contributed by atoms with Crippen LogP contribution in [0.15, 0.2) is 36.5 Å². The Kier molecular flexibility index (Phi) is 44.4. The van der Waals surface area contributed by atoms with Gasteiger partial charge >= 0.3 is 17.9 Å². The zero-order valence-corrected chi connectivity index (χ0v) is 37.9. The molecule has 0 rings (SSSR count). The molecule has 0 N–H and O–H groups in total. The molecule has 0 aliphatic carbocycles. The lowest BCUT2D eigenvalue weighted by Crippen LogP contribution is -2.30. The largest absolute Gasteiger partial charge is 0.462 e. The monoisotopic (exact) mass is 801 g/mol. The van der Waals surface area contributed by atoms with Gasteiger partial charge in [0.25, 0.3) is 0 Å². The third-order valence-electron chi connectivity index (χ3n) is 10.6. The minimum absolute atomic E-state index is 0.0840. The Bertz CT molecular complexity index is 969. The van der Waals surface area contributed by atoms with Crippen LogP contribution < -0.4 is 0 Å². The zero-order chi connectivity index (χ0) is 41.5. The topological polar surface area (TPSA) is 78.9 Å². The van der Waals surface area contributed by atoms with Crippen LogP contribution in [0.1, 0.15) is 252 Å². The van der Waals surface area contributed by atoms with Crippen molar-refractivity contribution in [3.8, 4) is 0 Å². The summed E-state index contributed by atoms with van der Waals surface area (Å²) < 4.78 is 16.7. The molecule has 0 spiro atoms. The molecule has 6 heteroatoms. The fourth-order valence-corrected chi connectivity index (χ4v) is 6.93. The molecule has 0 saturated carbocycles. The molecule has 0 aliphatic heterocycles. The third-order valence-corrected chi connectivity index (χ3v) is 10.6. The summed E-state index contributed by atoms with van der Waals surface area (Å²) >= 11 is 0. The molecule has 57 heavy (non-hydrogen) atoms. The number of carbonyl (C=O) groups is 3. The highest BCUT2D eigenvalue weighted by molar-refractivity contribution is 5.71. The van der Waals surface area contributed by atoms with Crippen molar-refractivity contribution in [3.05, 3.63) is 36.5 Å². The fraction of sp³-hybridized carbons (Fsp3) is 0.824. The second-order valence-corrected chi connectivity index (χ2v) is 16.4. The summed E-state index contributed by atoms with van der Waals surface area (Å²) in [5.74, 6) is -0.934. The predicted molar refractivity (Wildman–Crippen MR) is 242 cm³/mol. The maximum atomic E-state index is 12.7. The molecule has 0 aromatic carbocycles. The summed E-state index contributed by atoms with van der Waals surface area (Å²) in [5.41, 5.74) is 0. The number of allylic oxidation sites excluding steroid dienone is 6. The number of hydrogen-bond donors (Lipinski definition) is 0. The summed E-state index contributed by atoms with van der Waals surface area (Å²) in [6, 6.07) is 0. The van der Waals surface area contributed by atoms with Gasteiger partial charge in [0.15, 0.2) is 6.10 Å². The van der Waals surface area contributed by atoms with E-state index in [1.165, 1.54) is 148 Å². The third kappa shape index (κ3) is 44.6. The Labute approximate surface area is 353 Å². The van der Waals surface area contributed by atoms with Gasteiger partial charge in [-0.15, -0.1) is 0 Å². The molecule has 0 aromatic heterocycles. The first-order valence-corrected chi connectivity index (χ1v) is 24.5. The van der Waals surface area contributed by atoms with Crippen molar-refractivity contribution in [2.45, 2.75) is 258 Å². The zero-order valence-electron chi connectivity index (χ0n) is 37.9. The van der Waals surface area contributed by atoms with E-state index < -0.39 is 6.10 Å². The first kappa shape index (κ1) is 54.6.